The van der Waals surface area contributed by atoms with Gasteiger partial charge in [0, 0.05) is 23.1 Å². The number of carbonyl (C=O) groups excluding carboxylic acids is 2. The molecule has 1 aromatic rings. The van der Waals surface area contributed by atoms with Gasteiger partial charge in [-0.3, -0.25) is 4.79 Å². The maximum atomic E-state index is 13.0. The fourth-order valence-corrected chi connectivity index (χ4v) is 7.23. The Morgan fingerprint density at radius 1 is 1.10 bits per heavy atom. The van der Waals surface area contributed by atoms with Crippen molar-refractivity contribution in [3.05, 3.63) is 42.5 Å². The van der Waals surface area contributed by atoms with Gasteiger partial charge in [-0.1, -0.05) is 38.1 Å². The van der Waals surface area contributed by atoms with Crippen molar-refractivity contribution < 1.29 is 14.3 Å². The second-order valence-corrected chi connectivity index (χ2v) is 10.3. The predicted molar refractivity (Wildman–Crippen MR) is 112 cm³/mol. The quantitative estimate of drug-likeness (QED) is 0.722. The molecular weight excluding hydrogens is 362 g/mol. The molecule has 1 aliphatic heterocycles. The van der Waals surface area contributed by atoms with Crippen LogP contribution in [0.25, 0.3) is 0 Å². The molecule has 0 bridgehead atoms. The van der Waals surface area contributed by atoms with Crippen LogP contribution in [0.3, 0.4) is 0 Å². The van der Waals surface area contributed by atoms with Crippen molar-refractivity contribution in [1.82, 2.24) is 0 Å². The Hall–Kier alpha value is -2.10. The Morgan fingerprint density at radius 3 is 2.69 bits per heavy atom. The van der Waals surface area contributed by atoms with Crippen LogP contribution in [0.2, 0.25) is 0 Å². The molecule has 3 aliphatic carbocycles. The normalized spacial score (nSPS) is 43.0. The monoisotopic (exact) mass is 393 g/mol. The summed E-state index contributed by atoms with van der Waals surface area (Å²) in [5, 5.41) is 3.13. The van der Waals surface area contributed by atoms with Crippen molar-refractivity contribution in [3.63, 3.8) is 0 Å². The number of amides is 1. The fourth-order valence-electron chi connectivity index (χ4n) is 7.23. The zero-order valence-electron chi connectivity index (χ0n) is 17.4. The van der Waals surface area contributed by atoms with E-state index in [0.717, 1.165) is 37.8 Å². The van der Waals surface area contributed by atoms with Crippen LogP contribution in [0, 0.1) is 34.5 Å². The van der Waals surface area contributed by atoms with Gasteiger partial charge in [-0.25, -0.2) is 4.79 Å². The number of nitrogens with one attached hydrogen (secondary N) is 1. The van der Waals surface area contributed by atoms with Crippen molar-refractivity contribution >= 4 is 17.6 Å². The van der Waals surface area contributed by atoms with Crippen LogP contribution in [0.5, 0.6) is 0 Å². The molecule has 0 aromatic heterocycles. The third-order valence-corrected chi connectivity index (χ3v) is 8.71. The summed E-state index contributed by atoms with van der Waals surface area (Å²) in [6.07, 6.45) is 10.2. The highest BCUT2D eigenvalue weighted by atomic mass is 16.5. The molecule has 154 valence electrons. The van der Waals surface area contributed by atoms with Crippen LogP contribution in [0.4, 0.5) is 5.69 Å². The average molecular weight is 394 g/mol. The molecule has 4 aliphatic rings. The summed E-state index contributed by atoms with van der Waals surface area (Å²) in [4.78, 5) is 24.8. The van der Waals surface area contributed by atoms with Gasteiger partial charge in [0.05, 0.1) is 0 Å². The van der Waals surface area contributed by atoms with Crippen LogP contribution in [0.15, 0.2) is 42.5 Å². The van der Waals surface area contributed by atoms with E-state index >= 15 is 0 Å². The topological polar surface area (TPSA) is 55.4 Å². The molecule has 3 saturated carbocycles. The number of rotatable bonds is 2. The molecule has 1 aromatic carbocycles. The van der Waals surface area contributed by atoms with E-state index in [1.807, 2.05) is 30.3 Å². The van der Waals surface area contributed by atoms with Gasteiger partial charge >= 0.3 is 5.97 Å². The molecule has 1 amide bonds. The largest absolute Gasteiger partial charge is 0.458 e. The van der Waals surface area contributed by atoms with Gasteiger partial charge in [-0.05, 0) is 73.8 Å². The lowest BCUT2D eigenvalue weighted by Gasteiger charge is -2.57. The van der Waals surface area contributed by atoms with Gasteiger partial charge in [-0.15, -0.1) is 0 Å². The number of ether oxygens (including phenoxy) is 1. The summed E-state index contributed by atoms with van der Waals surface area (Å²) in [6, 6.07) is 9.79. The lowest BCUT2D eigenvalue weighted by Crippen LogP contribution is -2.54. The number of hydrogen-bond donors (Lipinski definition) is 1. The first kappa shape index (κ1) is 18.9. The maximum absolute atomic E-state index is 13.0. The molecule has 2 unspecified atom stereocenters. The van der Waals surface area contributed by atoms with E-state index in [0.29, 0.717) is 17.8 Å². The maximum Gasteiger partial charge on any atom is 0.330 e. The highest BCUT2D eigenvalue weighted by Gasteiger charge is 2.60. The molecule has 5 rings (SSSR count). The van der Waals surface area contributed by atoms with E-state index in [-0.39, 0.29) is 34.7 Å². The van der Waals surface area contributed by atoms with Gasteiger partial charge in [-0.2, -0.15) is 0 Å². The summed E-state index contributed by atoms with van der Waals surface area (Å²) < 4.78 is 5.71. The second-order valence-electron chi connectivity index (χ2n) is 10.3. The number of benzene rings is 1. The number of para-hydroxylation sites is 1. The van der Waals surface area contributed by atoms with Crippen molar-refractivity contribution in [1.29, 1.82) is 0 Å². The smallest absolute Gasteiger partial charge is 0.330 e. The van der Waals surface area contributed by atoms with Crippen molar-refractivity contribution in [2.75, 3.05) is 5.32 Å². The Kier molecular flexibility index (Phi) is 4.38. The number of carbonyl (C=O) groups is 2. The summed E-state index contributed by atoms with van der Waals surface area (Å²) in [5.74, 6) is 1.82. The highest BCUT2D eigenvalue weighted by molar-refractivity contribution is 5.92. The lowest BCUT2D eigenvalue weighted by atomic mass is 9.49. The average Bonchev–Trinajstić information content (AvgIpc) is 3.07. The van der Waals surface area contributed by atoms with E-state index < -0.39 is 0 Å². The molecular formula is C25H31NO3. The second kappa shape index (κ2) is 6.72. The van der Waals surface area contributed by atoms with Crippen molar-refractivity contribution in [2.45, 2.75) is 58.5 Å². The molecule has 29 heavy (non-hydrogen) atoms. The first-order valence-electron chi connectivity index (χ1n) is 11.1. The van der Waals surface area contributed by atoms with Gasteiger partial charge < -0.3 is 10.1 Å². The minimum atomic E-state index is -0.190. The number of esters is 1. The van der Waals surface area contributed by atoms with Gasteiger partial charge in [0.2, 0.25) is 5.91 Å². The summed E-state index contributed by atoms with van der Waals surface area (Å²) in [7, 11) is 0. The molecule has 0 saturated heterocycles. The van der Waals surface area contributed by atoms with E-state index in [1.54, 1.807) is 6.08 Å². The standard InChI is InChI=1S/C25H31NO3/c1-24-12-10-19-18(8-9-21-25(19,2)13-11-22(27)29-21)20(24)14-16(15-24)23(28)26-17-6-4-3-5-7-17/h3-7,11,13,16,18-21H,8-10,12,14-15H2,1-2H3,(H,26,28)/t16?,18-,19-,20+,21?,24-,25-/m1/s1. The molecule has 4 heteroatoms. The Balaban J connectivity index is 1.36. The molecule has 3 fully saturated rings. The number of hydrogen-bond acceptors (Lipinski definition) is 3. The zero-order valence-corrected chi connectivity index (χ0v) is 17.4. The van der Waals surface area contributed by atoms with Crippen LogP contribution in [-0.4, -0.2) is 18.0 Å². The van der Waals surface area contributed by atoms with Crippen molar-refractivity contribution in [2.24, 2.45) is 34.5 Å². The minimum absolute atomic E-state index is 0.0178. The van der Waals surface area contributed by atoms with Crippen LogP contribution < -0.4 is 5.32 Å². The first-order valence-corrected chi connectivity index (χ1v) is 11.1. The molecule has 1 N–H and O–H groups in total. The van der Waals surface area contributed by atoms with E-state index in [9.17, 15) is 9.59 Å². The highest BCUT2D eigenvalue weighted by Crippen LogP contribution is 2.64. The number of fused-ring (bicyclic) bond motifs is 5. The SMILES string of the molecule is C[C@]12CC[C@@H]3[C@@H](CCC4OC(=O)C=C[C@@]43C)[C@@H]1CC(C(=O)Nc1ccccc1)C2. The van der Waals surface area contributed by atoms with Gasteiger partial charge in [0.1, 0.15) is 6.10 Å². The summed E-state index contributed by atoms with van der Waals surface area (Å²) >= 11 is 0. The van der Waals surface area contributed by atoms with Crippen LogP contribution in [0.1, 0.15) is 52.4 Å². The molecule has 4 nitrogen and oxygen atoms in total. The van der Waals surface area contributed by atoms with Crippen LogP contribution in [-0.2, 0) is 14.3 Å². The first-order chi connectivity index (χ1) is 13.9. The zero-order chi connectivity index (χ0) is 20.2. The Morgan fingerprint density at radius 2 is 1.90 bits per heavy atom. The van der Waals surface area contributed by atoms with Gasteiger partial charge in [0.25, 0.3) is 0 Å². The van der Waals surface area contributed by atoms with E-state index in [2.05, 4.69) is 25.2 Å². The third kappa shape index (κ3) is 3.03. The lowest BCUT2D eigenvalue weighted by molar-refractivity contribution is -0.166. The van der Waals surface area contributed by atoms with E-state index in [1.165, 1.54) is 6.42 Å². The molecule has 0 spiro atoms. The predicted octanol–water partition coefficient (Wildman–Crippen LogP) is 4.97. The van der Waals surface area contributed by atoms with E-state index in [4.69, 9.17) is 4.74 Å². The Bertz CT molecular complexity index is 849. The van der Waals surface area contributed by atoms with Gasteiger partial charge in [0.15, 0.2) is 0 Å². The summed E-state index contributed by atoms with van der Waals surface area (Å²) in [6.45, 7) is 4.70. The summed E-state index contributed by atoms with van der Waals surface area (Å²) in [5.41, 5.74) is 1.08. The third-order valence-electron chi connectivity index (χ3n) is 8.71. The Labute approximate surface area is 173 Å². The minimum Gasteiger partial charge on any atom is -0.458 e. The molecule has 0 radical (unpaired) electrons. The molecule has 1 heterocycles. The number of anilines is 1. The van der Waals surface area contributed by atoms with Crippen LogP contribution >= 0.6 is 0 Å². The molecule has 7 atom stereocenters. The van der Waals surface area contributed by atoms with Crippen molar-refractivity contribution in [3.8, 4) is 0 Å². The fraction of sp³-hybridized carbons (Fsp3) is 0.600.